The lowest BCUT2D eigenvalue weighted by Gasteiger charge is -2.07. The van der Waals surface area contributed by atoms with Crippen LogP contribution in [-0.2, 0) is 19.6 Å². The quantitative estimate of drug-likeness (QED) is 0.416. The van der Waals surface area contributed by atoms with Gasteiger partial charge in [-0.25, -0.2) is 27.9 Å². The maximum atomic E-state index is 12.2. The zero-order valence-electron chi connectivity index (χ0n) is 13.6. The second-order valence-electron chi connectivity index (χ2n) is 4.61. The van der Waals surface area contributed by atoms with E-state index in [0.717, 1.165) is 0 Å². The van der Waals surface area contributed by atoms with Crippen LogP contribution in [0.1, 0.15) is 6.92 Å². The van der Waals surface area contributed by atoms with E-state index in [1.807, 2.05) is 0 Å². The molecule has 0 saturated carbocycles. The van der Waals surface area contributed by atoms with Crippen LogP contribution in [0.25, 0.3) is 0 Å². The molecule has 26 heavy (non-hydrogen) atoms. The number of nitriles is 1. The van der Waals surface area contributed by atoms with Crippen molar-refractivity contribution in [2.75, 3.05) is 16.8 Å². The third-order valence-corrected chi connectivity index (χ3v) is 4.17. The first kappa shape index (κ1) is 18.8. The molecule has 0 aliphatic rings. The average molecular weight is 374 g/mol. The Morgan fingerprint density at radius 1 is 1.27 bits per heavy atom. The highest BCUT2D eigenvalue weighted by Crippen LogP contribution is 2.16. The van der Waals surface area contributed by atoms with Crippen LogP contribution < -0.4 is 10.1 Å². The molecule has 0 fully saturated rings. The fourth-order valence-corrected chi connectivity index (χ4v) is 2.63. The van der Waals surface area contributed by atoms with E-state index >= 15 is 0 Å². The smallest absolute Gasteiger partial charge is 0.369 e. The van der Waals surface area contributed by atoms with Gasteiger partial charge < -0.3 is 4.74 Å². The predicted molar refractivity (Wildman–Crippen MR) is 92.6 cm³/mol. The molecular formula is C15H14N6O4S. The third-order valence-electron chi connectivity index (χ3n) is 2.83. The topological polar surface area (TPSA) is 146 Å². The Kier molecular flexibility index (Phi) is 6.18. The Morgan fingerprint density at radius 3 is 2.50 bits per heavy atom. The van der Waals surface area contributed by atoms with Gasteiger partial charge in [0.15, 0.2) is 0 Å². The zero-order chi connectivity index (χ0) is 19.0. The second-order valence-corrected chi connectivity index (χ2v) is 6.29. The van der Waals surface area contributed by atoms with Crippen LogP contribution in [0.2, 0.25) is 0 Å². The van der Waals surface area contributed by atoms with Crippen molar-refractivity contribution in [3.05, 3.63) is 42.7 Å². The molecule has 1 aromatic heterocycles. The number of carbonyl (C=O) groups is 1. The molecule has 1 aromatic carbocycles. The number of ether oxygens (including phenoxy) is 1. The summed E-state index contributed by atoms with van der Waals surface area (Å²) < 4.78 is 31.4. The van der Waals surface area contributed by atoms with Crippen molar-refractivity contribution in [1.29, 1.82) is 5.26 Å². The number of nitrogens with one attached hydrogen (secondary N) is 2. The van der Waals surface area contributed by atoms with E-state index in [1.165, 1.54) is 36.7 Å². The third kappa shape index (κ3) is 4.99. The minimum absolute atomic E-state index is 0.0228. The van der Waals surface area contributed by atoms with Crippen LogP contribution in [0.15, 0.2) is 52.7 Å². The number of hydrogen-bond acceptors (Lipinski definition) is 9. The normalized spacial score (nSPS) is 11.3. The van der Waals surface area contributed by atoms with E-state index in [9.17, 15) is 13.2 Å². The highest BCUT2D eigenvalue weighted by atomic mass is 32.2. The molecule has 0 unspecified atom stereocenters. The molecule has 0 atom stereocenters. The number of hydrogen-bond donors (Lipinski definition) is 2. The number of nitrogens with zero attached hydrogens (tertiary/aromatic N) is 4. The van der Waals surface area contributed by atoms with Gasteiger partial charge in [-0.3, -0.25) is 5.43 Å². The first-order valence-corrected chi connectivity index (χ1v) is 8.75. The lowest BCUT2D eigenvalue weighted by atomic mass is 10.3. The number of esters is 1. The molecule has 11 heteroatoms. The molecule has 0 bridgehead atoms. The molecule has 2 aromatic rings. The Balaban J connectivity index is 2.10. The van der Waals surface area contributed by atoms with Crippen molar-refractivity contribution in [1.82, 2.24) is 9.97 Å². The maximum absolute atomic E-state index is 12.2. The Hall–Kier alpha value is -3.52. The minimum Gasteiger partial charge on any atom is -0.461 e. The summed E-state index contributed by atoms with van der Waals surface area (Å²) in [7, 11) is -3.85. The highest BCUT2D eigenvalue weighted by molar-refractivity contribution is 7.92. The predicted octanol–water partition coefficient (Wildman–Crippen LogP) is 1.13. The second kappa shape index (κ2) is 8.54. The molecule has 2 N–H and O–H groups in total. The van der Waals surface area contributed by atoms with Crippen molar-refractivity contribution in [2.24, 2.45) is 5.10 Å². The molecule has 0 saturated heterocycles. The first-order chi connectivity index (χ1) is 12.5. The van der Waals surface area contributed by atoms with Gasteiger partial charge in [0.05, 0.1) is 17.2 Å². The van der Waals surface area contributed by atoms with E-state index < -0.39 is 21.7 Å². The van der Waals surface area contributed by atoms with Crippen LogP contribution in [0, 0.1) is 11.3 Å². The van der Waals surface area contributed by atoms with Gasteiger partial charge in [0.2, 0.25) is 11.7 Å². The Morgan fingerprint density at radius 2 is 1.92 bits per heavy atom. The number of sulfonamides is 1. The van der Waals surface area contributed by atoms with Crippen molar-refractivity contribution >= 4 is 33.3 Å². The van der Waals surface area contributed by atoms with Gasteiger partial charge in [-0.15, -0.1) is 0 Å². The largest absolute Gasteiger partial charge is 0.461 e. The number of rotatable bonds is 7. The summed E-state index contributed by atoms with van der Waals surface area (Å²) in [6.07, 6.45) is 2.82. The van der Waals surface area contributed by atoms with Crippen LogP contribution in [-0.4, -0.2) is 36.7 Å². The molecular weight excluding hydrogens is 360 g/mol. The van der Waals surface area contributed by atoms with Crippen LogP contribution in [0.5, 0.6) is 0 Å². The van der Waals surface area contributed by atoms with E-state index in [1.54, 1.807) is 19.1 Å². The van der Waals surface area contributed by atoms with E-state index in [0.29, 0.717) is 5.69 Å². The Bertz CT molecular complexity index is 936. The molecule has 0 radical (unpaired) electrons. The summed E-state index contributed by atoms with van der Waals surface area (Å²) in [6, 6.07) is 8.65. The van der Waals surface area contributed by atoms with Gasteiger partial charge in [0.1, 0.15) is 6.07 Å². The zero-order valence-corrected chi connectivity index (χ0v) is 14.4. The molecule has 0 aliphatic heterocycles. The number of benzene rings is 1. The lowest BCUT2D eigenvalue weighted by molar-refractivity contribution is -0.134. The van der Waals surface area contributed by atoms with Gasteiger partial charge in [0, 0.05) is 12.4 Å². The number of aromatic nitrogens is 2. The molecule has 0 amide bonds. The van der Waals surface area contributed by atoms with Crippen LogP contribution >= 0.6 is 0 Å². The van der Waals surface area contributed by atoms with Gasteiger partial charge >= 0.3 is 5.97 Å². The average Bonchev–Trinajstić information content (AvgIpc) is 2.63. The summed E-state index contributed by atoms with van der Waals surface area (Å²) in [6.45, 7) is 1.72. The van der Waals surface area contributed by atoms with Gasteiger partial charge in [-0.1, -0.05) is 0 Å². The molecule has 134 valence electrons. The number of carbonyl (C=O) groups excluding carboxylic acids is 1. The van der Waals surface area contributed by atoms with Gasteiger partial charge in [-0.2, -0.15) is 10.4 Å². The molecule has 0 spiro atoms. The first-order valence-electron chi connectivity index (χ1n) is 7.27. The number of hydrazone groups is 1. The fraction of sp³-hybridized carbons (Fsp3) is 0.133. The summed E-state index contributed by atoms with van der Waals surface area (Å²) in [5, 5.41) is 12.5. The highest BCUT2D eigenvalue weighted by Gasteiger charge is 2.15. The van der Waals surface area contributed by atoms with E-state index in [-0.39, 0.29) is 17.5 Å². The Labute approximate surface area is 149 Å². The fourth-order valence-electron chi connectivity index (χ4n) is 1.68. The SMILES string of the molecule is CCOC(=O)/C(C#N)=N/Nc1ccc(S(=O)(=O)Nc2ncccn2)cc1. The van der Waals surface area contributed by atoms with Crippen LogP contribution in [0.4, 0.5) is 11.6 Å². The molecule has 1 heterocycles. The monoisotopic (exact) mass is 374 g/mol. The van der Waals surface area contributed by atoms with Crippen molar-refractivity contribution in [3.63, 3.8) is 0 Å². The molecule has 0 aliphatic carbocycles. The van der Waals surface area contributed by atoms with Crippen molar-refractivity contribution < 1.29 is 17.9 Å². The summed E-state index contributed by atoms with van der Waals surface area (Å²) >= 11 is 0. The van der Waals surface area contributed by atoms with Crippen molar-refractivity contribution in [2.45, 2.75) is 11.8 Å². The molecule has 2 rings (SSSR count). The standard InChI is InChI=1S/C15H14N6O4S/c1-2-25-14(22)13(10-16)20-19-11-4-6-12(7-5-11)26(23,24)21-15-17-8-3-9-18-15/h3-9,19H,2H2,1H3,(H,17,18,21)/b20-13+. The maximum Gasteiger partial charge on any atom is 0.369 e. The minimum atomic E-state index is -3.85. The van der Waals surface area contributed by atoms with Gasteiger partial charge in [0.25, 0.3) is 10.0 Å². The van der Waals surface area contributed by atoms with E-state index in [4.69, 9.17) is 5.26 Å². The molecule has 10 nitrogen and oxygen atoms in total. The van der Waals surface area contributed by atoms with Gasteiger partial charge in [-0.05, 0) is 37.3 Å². The van der Waals surface area contributed by atoms with Crippen LogP contribution in [0.3, 0.4) is 0 Å². The van der Waals surface area contributed by atoms with Crippen molar-refractivity contribution in [3.8, 4) is 6.07 Å². The number of anilines is 2. The van der Waals surface area contributed by atoms with E-state index in [2.05, 4.69) is 30.0 Å². The lowest BCUT2D eigenvalue weighted by Crippen LogP contribution is -2.17. The summed E-state index contributed by atoms with van der Waals surface area (Å²) in [5.41, 5.74) is 2.41. The summed E-state index contributed by atoms with van der Waals surface area (Å²) in [4.78, 5) is 19.0. The summed E-state index contributed by atoms with van der Waals surface area (Å²) in [5.74, 6) is -0.902.